The number of aliphatic carboxylic acids is 2. The highest BCUT2D eigenvalue weighted by Gasteiger charge is 2.26. The molecule has 1 heterocycles. The molecule has 0 aliphatic carbocycles. The summed E-state index contributed by atoms with van der Waals surface area (Å²) < 4.78 is 0. The predicted octanol–water partition coefficient (Wildman–Crippen LogP) is -0.822. The standard InChI is InChI=1S/C12H19N3O6/c1-8(16)14-4-6-15(7-5-14)12(21)13-9(11(19)20)2-3-10(17)18/h9H,2-7H2,1H3,(H,13,21)(H,17,18)(H,19,20). The van der Waals surface area contributed by atoms with E-state index in [0.29, 0.717) is 26.2 Å². The molecule has 0 aromatic carbocycles. The first-order chi connectivity index (χ1) is 9.81. The average Bonchev–Trinajstić information content (AvgIpc) is 2.42. The van der Waals surface area contributed by atoms with Crippen LogP contribution in [0.15, 0.2) is 0 Å². The Morgan fingerprint density at radius 3 is 2.00 bits per heavy atom. The third-order valence-corrected chi connectivity index (χ3v) is 3.25. The van der Waals surface area contributed by atoms with Gasteiger partial charge in [-0.05, 0) is 6.42 Å². The zero-order valence-corrected chi connectivity index (χ0v) is 11.7. The molecular formula is C12H19N3O6. The van der Waals surface area contributed by atoms with Gasteiger partial charge in [0.05, 0.1) is 0 Å². The van der Waals surface area contributed by atoms with Gasteiger partial charge in [-0.3, -0.25) is 9.59 Å². The van der Waals surface area contributed by atoms with Crippen molar-refractivity contribution in [3.8, 4) is 0 Å². The van der Waals surface area contributed by atoms with E-state index >= 15 is 0 Å². The minimum absolute atomic E-state index is 0.0695. The summed E-state index contributed by atoms with van der Waals surface area (Å²) in [5.74, 6) is -2.46. The summed E-state index contributed by atoms with van der Waals surface area (Å²) in [6.45, 7) is 2.88. The van der Waals surface area contributed by atoms with Gasteiger partial charge in [0.15, 0.2) is 0 Å². The number of nitrogens with one attached hydrogen (secondary N) is 1. The maximum absolute atomic E-state index is 11.9. The molecule has 0 spiro atoms. The third kappa shape index (κ3) is 5.28. The smallest absolute Gasteiger partial charge is 0.326 e. The van der Waals surface area contributed by atoms with Gasteiger partial charge in [-0.2, -0.15) is 0 Å². The van der Waals surface area contributed by atoms with Gasteiger partial charge in [-0.25, -0.2) is 9.59 Å². The van der Waals surface area contributed by atoms with Crippen LogP contribution in [0, 0.1) is 0 Å². The fourth-order valence-electron chi connectivity index (χ4n) is 1.99. The molecule has 1 aliphatic heterocycles. The van der Waals surface area contributed by atoms with E-state index in [2.05, 4.69) is 5.32 Å². The van der Waals surface area contributed by atoms with Crippen molar-refractivity contribution in [2.45, 2.75) is 25.8 Å². The molecule has 1 rings (SSSR count). The van der Waals surface area contributed by atoms with Crippen LogP contribution >= 0.6 is 0 Å². The molecule has 1 saturated heterocycles. The number of urea groups is 1. The first kappa shape index (κ1) is 16.7. The van der Waals surface area contributed by atoms with Crippen LogP contribution in [0.4, 0.5) is 4.79 Å². The number of hydrogen-bond donors (Lipinski definition) is 3. The Bertz CT molecular complexity index is 431. The Morgan fingerprint density at radius 1 is 1.05 bits per heavy atom. The molecule has 1 atom stereocenters. The van der Waals surface area contributed by atoms with E-state index in [-0.39, 0.29) is 18.7 Å². The van der Waals surface area contributed by atoms with Crippen molar-refractivity contribution in [1.29, 1.82) is 0 Å². The second kappa shape index (κ2) is 7.46. The molecule has 0 saturated carbocycles. The van der Waals surface area contributed by atoms with E-state index in [1.165, 1.54) is 11.8 Å². The number of carbonyl (C=O) groups is 4. The second-order valence-corrected chi connectivity index (χ2v) is 4.77. The topological polar surface area (TPSA) is 127 Å². The molecule has 9 heteroatoms. The fourth-order valence-corrected chi connectivity index (χ4v) is 1.99. The number of carboxylic acids is 2. The lowest BCUT2D eigenvalue weighted by Gasteiger charge is -2.34. The SMILES string of the molecule is CC(=O)N1CCN(C(=O)NC(CCC(=O)O)C(=O)O)CC1. The molecule has 3 N–H and O–H groups in total. The van der Waals surface area contributed by atoms with Crippen molar-refractivity contribution in [3.63, 3.8) is 0 Å². The van der Waals surface area contributed by atoms with Crippen molar-refractivity contribution in [1.82, 2.24) is 15.1 Å². The molecule has 0 aromatic heterocycles. The lowest BCUT2D eigenvalue weighted by atomic mass is 10.1. The molecule has 9 nitrogen and oxygen atoms in total. The van der Waals surface area contributed by atoms with Gasteiger partial charge in [0.1, 0.15) is 6.04 Å². The number of hydrogen-bond acceptors (Lipinski definition) is 4. The van der Waals surface area contributed by atoms with Gasteiger partial charge >= 0.3 is 18.0 Å². The molecule has 0 bridgehead atoms. The minimum Gasteiger partial charge on any atom is -0.481 e. The molecule has 118 valence electrons. The van der Waals surface area contributed by atoms with Gasteiger partial charge in [0.25, 0.3) is 0 Å². The second-order valence-electron chi connectivity index (χ2n) is 4.77. The van der Waals surface area contributed by atoms with Crippen LogP contribution in [0.1, 0.15) is 19.8 Å². The summed E-state index contributed by atoms with van der Waals surface area (Å²) in [5, 5.41) is 19.8. The molecule has 3 amide bonds. The van der Waals surface area contributed by atoms with Crippen LogP contribution in [-0.4, -0.2) is 76.1 Å². The Balaban J connectivity index is 2.49. The van der Waals surface area contributed by atoms with Crippen molar-refractivity contribution in [2.75, 3.05) is 26.2 Å². The summed E-state index contributed by atoms with van der Waals surface area (Å²) in [4.78, 5) is 47.6. The molecule has 1 aliphatic rings. The first-order valence-electron chi connectivity index (χ1n) is 6.56. The van der Waals surface area contributed by atoms with Crippen molar-refractivity contribution < 1.29 is 29.4 Å². The van der Waals surface area contributed by atoms with Crippen LogP contribution in [0.2, 0.25) is 0 Å². The van der Waals surface area contributed by atoms with Crippen LogP contribution in [0.5, 0.6) is 0 Å². The van der Waals surface area contributed by atoms with Crippen LogP contribution in [-0.2, 0) is 14.4 Å². The van der Waals surface area contributed by atoms with E-state index in [1.807, 2.05) is 0 Å². The zero-order chi connectivity index (χ0) is 16.0. The quantitative estimate of drug-likeness (QED) is 0.608. The number of carbonyl (C=O) groups excluding carboxylic acids is 2. The number of amides is 3. The van der Waals surface area contributed by atoms with E-state index in [0.717, 1.165) is 0 Å². The Kier molecular flexibility index (Phi) is 5.94. The van der Waals surface area contributed by atoms with Gasteiger partial charge < -0.3 is 25.3 Å². The van der Waals surface area contributed by atoms with E-state index < -0.39 is 24.0 Å². The van der Waals surface area contributed by atoms with Gasteiger partial charge in [-0.1, -0.05) is 0 Å². The molecule has 1 fully saturated rings. The summed E-state index contributed by atoms with van der Waals surface area (Å²) >= 11 is 0. The Hall–Kier alpha value is -2.32. The monoisotopic (exact) mass is 301 g/mol. The summed E-state index contributed by atoms with van der Waals surface area (Å²) in [6, 6.07) is -1.80. The number of nitrogens with zero attached hydrogens (tertiary/aromatic N) is 2. The molecular weight excluding hydrogens is 282 g/mol. The van der Waals surface area contributed by atoms with Crippen molar-refractivity contribution in [3.05, 3.63) is 0 Å². The third-order valence-electron chi connectivity index (χ3n) is 3.25. The highest BCUT2D eigenvalue weighted by molar-refractivity contribution is 5.83. The molecule has 0 radical (unpaired) electrons. The van der Waals surface area contributed by atoms with E-state index in [1.54, 1.807) is 4.90 Å². The van der Waals surface area contributed by atoms with E-state index in [9.17, 15) is 19.2 Å². The zero-order valence-electron chi connectivity index (χ0n) is 11.7. The van der Waals surface area contributed by atoms with Gasteiger partial charge in [0.2, 0.25) is 5.91 Å². The lowest BCUT2D eigenvalue weighted by Crippen LogP contribution is -2.55. The minimum atomic E-state index is -1.27. The van der Waals surface area contributed by atoms with Gasteiger partial charge in [0, 0.05) is 39.5 Å². The van der Waals surface area contributed by atoms with Crippen molar-refractivity contribution >= 4 is 23.9 Å². The van der Waals surface area contributed by atoms with Crippen LogP contribution in [0.3, 0.4) is 0 Å². The normalized spacial score (nSPS) is 16.2. The highest BCUT2D eigenvalue weighted by Crippen LogP contribution is 2.04. The lowest BCUT2D eigenvalue weighted by molar-refractivity contribution is -0.140. The average molecular weight is 301 g/mol. The summed E-state index contributed by atoms with van der Waals surface area (Å²) in [7, 11) is 0. The maximum atomic E-state index is 11.9. The summed E-state index contributed by atoms with van der Waals surface area (Å²) in [5.41, 5.74) is 0. The predicted molar refractivity (Wildman–Crippen MR) is 70.7 cm³/mol. The molecule has 1 unspecified atom stereocenters. The summed E-state index contributed by atoms with van der Waals surface area (Å²) in [6.07, 6.45) is -0.515. The maximum Gasteiger partial charge on any atom is 0.326 e. The highest BCUT2D eigenvalue weighted by atomic mass is 16.4. The first-order valence-corrected chi connectivity index (χ1v) is 6.56. The number of piperazine rings is 1. The van der Waals surface area contributed by atoms with Gasteiger partial charge in [-0.15, -0.1) is 0 Å². The van der Waals surface area contributed by atoms with Crippen LogP contribution < -0.4 is 5.32 Å². The Morgan fingerprint density at radius 2 is 1.57 bits per heavy atom. The Labute approximate surface area is 121 Å². The van der Waals surface area contributed by atoms with Crippen LogP contribution in [0.25, 0.3) is 0 Å². The largest absolute Gasteiger partial charge is 0.481 e. The number of carboxylic acid groups (broad SMARTS) is 2. The molecule has 21 heavy (non-hydrogen) atoms. The fraction of sp³-hybridized carbons (Fsp3) is 0.667. The van der Waals surface area contributed by atoms with E-state index in [4.69, 9.17) is 10.2 Å². The van der Waals surface area contributed by atoms with Crippen molar-refractivity contribution in [2.24, 2.45) is 0 Å². The molecule has 0 aromatic rings. The number of rotatable bonds is 5.